The zero-order valence-electron chi connectivity index (χ0n) is 9.13. The Morgan fingerprint density at radius 3 is 3.00 bits per heavy atom. The van der Waals surface area contributed by atoms with Crippen LogP contribution in [0.4, 0.5) is 0 Å². The summed E-state index contributed by atoms with van der Waals surface area (Å²) in [4.78, 5) is 16.2. The van der Waals surface area contributed by atoms with E-state index in [4.69, 9.17) is 0 Å². The topological polar surface area (TPSA) is 46.9 Å². The molecule has 0 saturated carbocycles. The molecule has 0 saturated heterocycles. The van der Waals surface area contributed by atoms with E-state index in [1.165, 1.54) is 11.3 Å². The number of carbonyl (C=O) groups excluding carboxylic acids is 1. The number of nitrogens with one attached hydrogen (secondary N) is 1. The third-order valence-corrected chi connectivity index (χ3v) is 4.01. The number of fused-ring (bicyclic) bond motifs is 1. The molecule has 1 aromatic carbocycles. The number of carbonyl (C=O) groups is 1. The van der Waals surface area contributed by atoms with E-state index >= 15 is 0 Å². The van der Waals surface area contributed by atoms with Gasteiger partial charge in [-0.25, -0.2) is 9.66 Å². The van der Waals surface area contributed by atoms with Crippen LogP contribution in [-0.4, -0.2) is 15.6 Å². The number of para-hydroxylation sites is 2. The van der Waals surface area contributed by atoms with Crippen LogP contribution in [0.1, 0.15) is 10.4 Å². The van der Waals surface area contributed by atoms with Crippen molar-refractivity contribution in [1.29, 1.82) is 0 Å². The van der Waals surface area contributed by atoms with Crippen LogP contribution in [0.25, 0.3) is 11.0 Å². The predicted molar refractivity (Wildman–Crippen MR) is 75.4 cm³/mol. The molecule has 0 radical (unpaired) electrons. The standard InChI is InChI=1S/C12H8BrN3OS/c13-11-5-8(6-18-11)12(17)15-16-7-14-9-3-1-2-4-10(9)16/h1-7H,(H,15,17). The fourth-order valence-electron chi connectivity index (χ4n) is 1.65. The van der Waals surface area contributed by atoms with Crippen molar-refractivity contribution in [1.82, 2.24) is 9.66 Å². The van der Waals surface area contributed by atoms with Gasteiger partial charge in [0.25, 0.3) is 5.91 Å². The molecule has 18 heavy (non-hydrogen) atoms. The van der Waals surface area contributed by atoms with Crippen LogP contribution in [0.5, 0.6) is 0 Å². The molecule has 0 fully saturated rings. The number of aromatic nitrogens is 2. The molecule has 0 spiro atoms. The van der Waals surface area contributed by atoms with Gasteiger partial charge in [-0.05, 0) is 34.1 Å². The van der Waals surface area contributed by atoms with E-state index in [2.05, 4.69) is 26.3 Å². The minimum absolute atomic E-state index is 0.153. The molecule has 90 valence electrons. The first-order chi connectivity index (χ1) is 8.74. The second-order valence-electron chi connectivity index (χ2n) is 3.68. The van der Waals surface area contributed by atoms with Gasteiger partial charge in [0, 0.05) is 5.38 Å². The van der Waals surface area contributed by atoms with Crippen molar-refractivity contribution in [3.63, 3.8) is 0 Å². The molecule has 6 heteroatoms. The number of nitrogens with zero attached hydrogens (tertiary/aromatic N) is 2. The Morgan fingerprint density at radius 1 is 1.39 bits per heavy atom. The molecular formula is C12H8BrN3OS. The molecule has 0 aliphatic carbocycles. The number of rotatable bonds is 2. The summed E-state index contributed by atoms with van der Waals surface area (Å²) >= 11 is 4.82. The Balaban J connectivity index is 1.90. The fraction of sp³-hybridized carbons (Fsp3) is 0. The van der Waals surface area contributed by atoms with Gasteiger partial charge in [0.05, 0.1) is 20.4 Å². The van der Waals surface area contributed by atoms with Gasteiger partial charge in [-0.1, -0.05) is 12.1 Å². The highest BCUT2D eigenvalue weighted by Crippen LogP contribution is 2.21. The minimum Gasteiger partial charge on any atom is -0.267 e. The summed E-state index contributed by atoms with van der Waals surface area (Å²) in [7, 11) is 0. The largest absolute Gasteiger partial charge is 0.271 e. The zero-order chi connectivity index (χ0) is 12.5. The van der Waals surface area contributed by atoms with Crippen LogP contribution in [0.3, 0.4) is 0 Å². The third-order valence-electron chi connectivity index (χ3n) is 2.51. The SMILES string of the molecule is O=C(Nn1cnc2ccccc21)c1csc(Br)c1. The lowest BCUT2D eigenvalue weighted by atomic mass is 10.3. The highest BCUT2D eigenvalue weighted by molar-refractivity contribution is 9.11. The maximum atomic E-state index is 12.0. The molecule has 4 nitrogen and oxygen atoms in total. The first kappa shape index (κ1) is 11.4. The van der Waals surface area contributed by atoms with Crippen molar-refractivity contribution in [3.05, 3.63) is 51.4 Å². The Labute approximate surface area is 115 Å². The number of benzene rings is 1. The van der Waals surface area contributed by atoms with Crippen LogP contribution >= 0.6 is 27.3 Å². The third kappa shape index (κ3) is 2.04. The second kappa shape index (κ2) is 4.55. The first-order valence-electron chi connectivity index (χ1n) is 5.21. The number of amides is 1. The molecule has 3 aromatic rings. The molecule has 1 amide bonds. The maximum Gasteiger partial charge on any atom is 0.271 e. The maximum absolute atomic E-state index is 12.0. The van der Waals surface area contributed by atoms with Crippen molar-refractivity contribution in [3.8, 4) is 0 Å². The van der Waals surface area contributed by atoms with Gasteiger partial charge in [-0.15, -0.1) is 11.3 Å². The van der Waals surface area contributed by atoms with Gasteiger partial charge in [-0.3, -0.25) is 10.2 Å². The monoisotopic (exact) mass is 321 g/mol. The number of hydrogen-bond acceptors (Lipinski definition) is 3. The Morgan fingerprint density at radius 2 is 2.22 bits per heavy atom. The van der Waals surface area contributed by atoms with Gasteiger partial charge in [0.1, 0.15) is 6.33 Å². The molecule has 0 unspecified atom stereocenters. The number of thiophene rings is 1. The van der Waals surface area contributed by atoms with Crippen molar-refractivity contribution >= 4 is 44.2 Å². The van der Waals surface area contributed by atoms with Gasteiger partial charge < -0.3 is 0 Å². The summed E-state index contributed by atoms with van der Waals surface area (Å²) in [6.07, 6.45) is 1.60. The zero-order valence-corrected chi connectivity index (χ0v) is 11.5. The van der Waals surface area contributed by atoms with E-state index in [1.807, 2.05) is 24.3 Å². The lowest BCUT2D eigenvalue weighted by molar-refractivity contribution is 0.101. The van der Waals surface area contributed by atoms with Crippen LogP contribution in [-0.2, 0) is 0 Å². The minimum atomic E-state index is -0.153. The molecule has 2 aromatic heterocycles. The smallest absolute Gasteiger partial charge is 0.267 e. The van der Waals surface area contributed by atoms with Crippen molar-refractivity contribution < 1.29 is 4.79 Å². The first-order valence-corrected chi connectivity index (χ1v) is 6.89. The van der Waals surface area contributed by atoms with Gasteiger partial charge >= 0.3 is 0 Å². The quantitative estimate of drug-likeness (QED) is 0.787. The van der Waals surface area contributed by atoms with Crippen molar-refractivity contribution in [2.75, 3.05) is 5.43 Å². The fourth-order valence-corrected chi connectivity index (χ4v) is 2.79. The number of halogens is 1. The van der Waals surface area contributed by atoms with Gasteiger partial charge in [-0.2, -0.15) is 0 Å². The van der Waals surface area contributed by atoms with E-state index in [-0.39, 0.29) is 5.91 Å². The molecule has 0 bridgehead atoms. The molecule has 0 aliphatic heterocycles. The van der Waals surface area contributed by atoms with Crippen molar-refractivity contribution in [2.24, 2.45) is 0 Å². The summed E-state index contributed by atoms with van der Waals surface area (Å²) < 4.78 is 2.56. The lowest BCUT2D eigenvalue weighted by Gasteiger charge is -2.05. The highest BCUT2D eigenvalue weighted by atomic mass is 79.9. The number of imidazole rings is 1. The molecule has 2 heterocycles. The van der Waals surface area contributed by atoms with E-state index in [1.54, 1.807) is 22.4 Å². The van der Waals surface area contributed by atoms with Gasteiger partial charge in [0.2, 0.25) is 0 Å². The Hall–Kier alpha value is -1.66. The highest BCUT2D eigenvalue weighted by Gasteiger charge is 2.09. The Bertz CT molecular complexity index is 719. The molecule has 0 aliphatic rings. The van der Waals surface area contributed by atoms with Gasteiger partial charge in [0.15, 0.2) is 0 Å². The molecule has 3 rings (SSSR count). The number of hydrogen-bond donors (Lipinski definition) is 1. The molecule has 0 atom stereocenters. The average molecular weight is 322 g/mol. The summed E-state index contributed by atoms with van der Waals surface area (Å²) in [5.74, 6) is -0.153. The van der Waals surface area contributed by atoms with E-state index in [0.29, 0.717) is 5.56 Å². The van der Waals surface area contributed by atoms with Crippen LogP contribution in [0, 0.1) is 0 Å². The van der Waals surface area contributed by atoms with Crippen LogP contribution < -0.4 is 5.43 Å². The molecular weight excluding hydrogens is 314 g/mol. The summed E-state index contributed by atoms with van der Waals surface area (Å²) in [6, 6.07) is 9.43. The summed E-state index contributed by atoms with van der Waals surface area (Å²) in [5, 5.41) is 1.80. The average Bonchev–Trinajstić information content (AvgIpc) is 2.97. The molecule has 1 N–H and O–H groups in total. The van der Waals surface area contributed by atoms with E-state index in [0.717, 1.165) is 14.8 Å². The Kier molecular flexibility index (Phi) is 2.89. The summed E-state index contributed by atoms with van der Waals surface area (Å²) in [6.45, 7) is 0. The van der Waals surface area contributed by atoms with Crippen LogP contribution in [0.2, 0.25) is 0 Å². The summed E-state index contributed by atoms with van der Waals surface area (Å²) in [5.41, 5.74) is 5.15. The second-order valence-corrected chi connectivity index (χ2v) is 5.97. The van der Waals surface area contributed by atoms with E-state index in [9.17, 15) is 4.79 Å². The predicted octanol–water partition coefficient (Wildman–Crippen LogP) is 3.24. The van der Waals surface area contributed by atoms with Crippen molar-refractivity contribution in [2.45, 2.75) is 0 Å². The van der Waals surface area contributed by atoms with Crippen LogP contribution in [0.15, 0.2) is 45.8 Å². The normalized spacial score (nSPS) is 10.7. The van der Waals surface area contributed by atoms with E-state index < -0.39 is 0 Å². The lowest BCUT2D eigenvalue weighted by Crippen LogP contribution is -2.21.